The fraction of sp³-hybridized carbons (Fsp3) is 0.222. The molecule has 0 spiro atoms. The standard InChI is InChI=1S/C18H15ClFNO5/c1-10(26-18(23)13-4-2-11(20)8-14(13)19)17(22)21-12-3-5-15-16(9-12)25-7-6-24-15/h2-5,8-10H,6-7H2,1H3,(H,21,22)/t10-/m0/s1. The minimum atomic E-state index is -1.09. The molecular formula is C18H15ClFNO5. The molecule has 8 heteroatoms. The van der Waals surface area contributed by atoms with Crippen LogP contribution in [0.15, 0.2) is 36.4 Å². The molecule has 0 fully saturated rings. The monoisotopic (exact) mass is 379 g/mol. The van der Waals surface area contributed by atoms with Crippen molar-refractivity contribution in [3.05, 3.63) is 52.8 Å². The molecular weight excluding hydrogens is 365 g/mol. The Balaban J connectivity index is 1.63. The van der Waals surface area contributed by atoms with Crippen molar-refractivity contribution >= 4 is 29.2 Å². The number of amides is 1. The van der Waals surface area contributed by atoms with E-state index in [9.17, 15) is 14.0 Å². The highest BCUT2D eigenvalue weighted by Crippen LogP contribution is 2.32. The first-order valence-electron chi connectivity index (χ1n) is 7.80. The average Bonchev–Trinajstić information content (AvgIpc) is 2.61. The molecule has 0 aliphatic carbocycles. The number of anilines is 1. The molecule has 0 bridgehead atoms. The number of rotatable bonds is 4. The van der Waals surface area contributed by atoms with Gasteiger partial charge in [-0.15, -0.1) is 0 Å². The Bertz CT molecular complexity index is 857. The number of fused-ring (bicyclic) bond motifs is 1. The first kappa shape index (κ1) is 18.0. The third-order valence-electron chi connectivity index (χ3n) is 3.61. The zero-order chi connectivity index (χ0) is 18.7. The summed E-state index contributed by atoms with van der Waals surface area (Å²) in [5.41, 5.74) is 0.453. The van der Waals surface area contributed by atoms with Crippen molar-refractivity contribution in [2.75, 3.05) is 18.5 Å². The highest BCUT2D eigenvalue weighted by Gasteiger charge is 2.21. The van der Waals surface area contributed by atoms with Gasteiger partial charge in [0.2, 0.25) is 0 Å². The lowest BCUT2D eigenvalue weighted by molar-refractivity contribution is -0.123. The van der Waals surface area contributed by atoms with Crippen LogP contribution in [0.3, 0.4) is 0 Å². The van der Waals surface area contributed by atoms with Gasteiger partial charge in [0.1, 0.15) is 19.0 Å². The fourth-order valence-electron chi connectivity index (χ4n) is 2.30. The van der Waals surface area contributed by atoms with Crippen LogP contribution in [0, 0.1) is 5.82 Å². The number of carbonyl (C=O) groups is 2. The SMILES string of the molecule is C[C@H](OC(=O)c1ccc(F)cc1Cl)C(=O)Nc1ccc2c(c1)OCCO2. The van der Waals surface area contributed by atoms with Gasteiger partial charge in [-0.25, -0.2) is 9.18 Å². The maximum Gasteiger partial charge on any atom is 0.340 e. The van der Waals surface area contributed by atoms with Crippen molar-refractivity contribution < 1.29 is 28.2 Å². The lowest BCUT2D eigenvalue weighted by Crippen LogP contribution is -2.30. The molecule has 26 heavy (non-hydrogen) atoms. The number of esters is 1. The second kappa shape index (κ2) is 7.61. The van der Waals surface area contributed by atoms with Crippen molar-refractivity contribution in [1.82, 2.24) is 0 Å². The number of carbonyl (C=O) groups excluding carboxylic acids is 2. The molecule has 1 N–H and O–H groups in total. The van der Waals surface area contributed by atoms with E-state index in [1.54, 1.807) is 18.2 Å². The van der Waals surface area contributed by atoms with Crippen molar-refractivity contribution in [3.8, 4) is 11.5 Å². The van der Waals surface area contributed by atoms with Gasteiger partial charge in [-0.2, -0.15) is 0 Å². The molecule has 1 amide bonds. The van der Waals surface area contributed by atoms with Crippen molar-refractivity contribution in [1.29, 1.82) is 0 Å². The van der Waals surface area contributed by atoms with Gasteiger partial charge in [-0.1, -0.05) is 11.6 Å². The molecule has 136 valence electrons. The van der Waals surface area contributed by atoms with Crippen LogP contribution in [0.25, 0.3) is 0 Å². The van der Waals surface area contributed by atoms with Gasteiger partial charge in [0.25, 0.3) is 5.91 Å². The summed E-state index contributed by atoms with van der Waals surface area (Å²) in [6.45, 7) is 2.32. The van der Waals surface area contributed by atoms with E-state index in [0.717, 1.165) is 12.1 Å². The van der Waals surface area contributed by atoms with Crippen LogP contribution in [0.1, 0.15) is 17.3 Å². The molecule has 0 unspecified atom stereocenters. The molecule has 1 atom stereocenters. The van der Waals surface area contributed by atoms with Crippen LogP contribution < -0.4 is 14.8 Å². The van der Waals surface area contributed by atoms with E-state index in [1.165, 1.54) is 13.0 Å². The van der Waals surface area contributed by atoms with Crippen LogP contribution in [0.5, 0.6) is 11.5 Å². The van der Waals surface area contributed by atoms with Gasteiger partial charge < -0.3 is 19.5 Å². The van der Waals surface area contributed by atoms with Crippen LogP contribution >= 0.6 is 11.6 Å². The molecule has 0 saturated heterocycles. The summed E-state index contributed by atoms with van der Waals surface area (Å²) in [5.74, 6) is -0.805. The number of halogens is 2. The molecule has 0 saturated carbocycles. The second-order valence-electron chi connectivity index (χ2n) is 5.52. The third-order valence-corrected chi connectivity index (χ3v) is 3.93. The summed E-state index contributed by atoms with van der Waals surface area (Å²) >= 11 is 5.82. The Morgan fingerprint density at radius 3 is 2.62 bits per heavy atom. The van der Waals surface area contributed by atoms with E-state index in [-0.39, 0.29) is 10.6 Å². The predicted molar refractivity (Wildman–Crippen MR) is 92.3 cm³/mol. The lowest BCUT2D eigenvalue weighted by Gasteiger charge is -2.19. The molecule has 2 aromatic carbocycles. The molecule has 1 aliphatic heterocycles. The average molecular weight is 380 g/mol. The zero-order valence-corrected chi connectivity index (χ0v) is 14.5. The number of hydrogen-bond donors (Lipinski definition) is 1. The van der Waals surface area contributed by atoms with Gasteiger partial charge in [0.15, 0.2) is 17.6 Å². The highest BCUT2D eigenvalue weighted by molar-refractivity contribution is 6.33. The van der Waals surface area contributed by atoms with Crippen molar-refractivity contribution in [3.63, 3.8) is 0 Å². The number of nitrogens with one attached hydrogen (secondary N) is 1. The first-order valence-corrected chi connectivity index (χ1v) is 8.18. The van der Waals surface area contributed by atoms with Crippen LogP contribution in [-0.2, 0) is 9.53 Å². The summed E-state index contributed by atoms with van der Waals surface area (Å²) in [4.78, 5) is 24.3. The second-order valence-corrected chi connectivity index (χ2v) is 5.93. The van der Waals surface area contributed by atoms with Crippen molar-refractivity contribution in [2.24, 2.45) is 0 Å². The van der Waals surface area contributed by atoms with Crippen LogP contribution in [-0.4, -0.2) is 31.2 Å². The van der Waals surface area contributed by atoms with E-state index in [0.29, 0.717) is 30.4 Å². The van der Waals surface area contributed by atoms with Gasteiger partial charge in [-0.05, 0) is 37.3 Å². The smallest absolute Gasteiger partial charge is 0.340 e. The van der Waals surface area contributed by atoms with Gasteiger partial charge >= 0.3 is 5.97 Å². The Morgan fingerprint density at radius 1 is 1.15 bits per heavy atom. The minimum absolute atomic E-state index is 0.0213. The van der Waals surface area contributed by atoms with E-state index in [2.05, 4.69) is 5.32 Å². The predicted octanol–water partition coefficient (Wildman–Crippen LogP) is 3.43. The maximum absolute atomic E-state index is 13.0. The molecule has 2 aromatic rings. The van der Waals surface area contributed by atoms with E-state index in [4.69, 9.17) is 25.8 Å². The molecule has 1 aliphatic rings. The summed E-state index contributed by atoms with van der Waals surface area (Å²) < 4.78 is 29.0. The largest absolute Gasteiger partial charge is 0.486 e. The first-order chi connectivity index (χ1) is 12.4. The van der Waals surface area contributed by atoms with Gasteiger partial charge in [0, 0.05) is 11.8 Å². The molecule has 6 nitrogen and oxygen atoms in total. The highest BCUT2D eigenvalue weighted by atomic mass is 35.5. The number of hydrogen-bond acceptors (Lipinski definition) is 5. The van der Waals surface area contributed by atoms with E-state index < -0.39 is 23.8 Å². The lowest BCUT2D eigenvalue weighted by atomic mass is 10.2. The molecule has 0 aromatic heterocycles. The third kappa shape index (κ3) is 4.05. The quantitative estimate of drug-likeness (QED) is 0.824. The molecule has 3 rings (SSSR count). The zero-order valence-electron chi connectivity index (χ0n) is 13.8. The van der Waals surface area contributed by atoms with E-state index in [1.807, 2.05) is 0 Å². The Morgan fingerprint density at radius 2 is 1.88 bits per heavy atom. The number of ether oxygens (including phenoxy) is 3. The summed E-state index contributed by atoms with van der Waals surface area (Å²) in [5, 5.41) is 2.54. The molecule has 1 heterocycles. The Hall–Kier alpha value is -2.80. The summed E-state index contributed by atoms with van der Waals surface area (Å²) in [6.07, 6.45) is -1.09. The molecule has 0 radical (unpaired) electrons. The normalized spacial score (nSPS) is 13.7. The van der Waals surface area contributed by atoms with Gasteiger partial charge in [0.05, 0.1) is 10.6 Å². The summed E-state index contributed by atoms with van der Waals surface area (Å²) in [7, 11) is 0. The fourth-order valence-corrected chi connectivity index (χ4v) is 2.54. The van der Waals surface area contributed by atoms with E-state index >= 15 is 0 Å². The topological polar surface area (TPSA) is 73.9 Å². The number of benzene rings is 2. The summed E-state index contributed by atoms with van der Waals surface area (Å²) in [6, 6.07) is 8.24. The Kier molecular flexibility index (Phi) is 5.27. The Labute approximate surface area is 153 Å². The van der Waals surface area contributed by atoms with Crippen LogP contribution in [0.4, 0.5) is 10.1 Å². The minimum Gasteiger partial charge on any atom is -0.486 e. The van der Waals surface area contributed by atoms with Crippen molar-refractivity contribution in [2.45, 2.75) is 13.0 Å². The maximum atomic E-state index is 13.0. The van der Waals surface area contributed by atoms with Crippen LogP contribution in [0.2, 0.25) is 5.02 Å². The van der Waals surface area contributed by atoms with Gasteiger partial charge in [-0.3, -0.25) is 4.79 Å².